The number of ether oxygens (including phenoxy) is 1. The lowest BCUT2D eigenvalue weighted by atomic mass is 9.91. The van der Waals surface area contributed by atoms with Crippen molar-refractivity contribution in [2.24, 2.45) is 0 Å². The van der Waals surface area contributed by atoms with E-state index in [0.717, 1.165) is 0 Å². The Bertz CT molecular complexity index is 1170. The molecule has 0 N–H and O–H groups in total. The Morgan fingerprint density at radius 2 is 0.881 bits per heavy atom. The second-order valence-electron chi connectivity index (χ2n) is 7.41. The van der Waals surface area contributed by atoms with Gasteiger partial charge in [0.1, 0.15) is 0 Å². The van der Waals surface area contributed by atoms with Gasteiger partial charge in [-0.15, -0.1) is 4.48 Å². The minimum atomic E-state index is -9.50. The standard InChI is InChI=1S/C14H5F22NO4S/c1-3(2)4(38)41-13(32,33)12(30,31)37(36)42(39,40)14(34,35)10(25,26)8(21,22)6(17,18)5(15,16)7(19,20)9(23,24)11(27,28)29/h1H2,2H3. The largest absolute Gasteiger partial charge is 0.486 e. The molecule has 0 amide bonds. The second-order valence-corrected chi connectivity index (χ2v) is 9.19. The van der Waals surface area contributed by atoms with Gasteiger partial charge in [-0.05, 0) is 6.92 Å². The Kier molecular flexibility index (Phi) is 9.48. The van der Waals surface area contributed by atoms with Gasteiger partial charge in [-0.3, -0.25) is 0 Å². The molecular formula is C14H5F22NO4S. The van der Waals surface area contributed by atoms with Gasteiger partial charge in [0.05, 0.1) is 0 Å². The predicted molar refractivity (Wildman–Crippen MR) is 83.4 cm³/mol. The summed E-state index contributed by atoms with van der Waals surface area (Å²) in [4.78, 5) is 10.9. The molecule has 0 aliphatic heterocycles. The molecular weight excluding hydrogens is 696 g/mol. The number of hydrogen-bond acceptors (Lipinski definition) is 4. The Morgan fingerprint density at radius 1 is 0.595 bits per heavy atom. The molecule has 0 radical (unpaired) electrons. The minimum Gasteiger partial charge on any atom is -0.391 e. The molecule has 0 unspecified atom stereocenters. The molecule has 0 bridgehead atoms. The lowest BCUT2D eigenvalue weighted by Crippen LogP contribution is -2.75. The van der Waals surface area contributed by atoms with E-state index in [1.807, 2.05) is 0 Å². The Morgan fingerprint density at radius 3 is 1.17 bits per heavy atom. The third kappa shape index (κ3) is 5.07. The van der Waals surface area contributed by atoms with Crippen molar-refractivity contribution in [3.8, 4) is 0 Å². The highest BCUT2D eigenvalue weighted by molar-refractivity contribution is 7.90. The van der Waals surface area contributed by atoms with Crippen LogP contribution in [-0.4, -0.2) is 78.0 Å². The maximum Gasteiger partial charge on any atom is 0.486 e. The minimum absolute atomic E-state index is 0.321. The number of rotatable bonds is 12. The number of alkyl halides is 21. The van der Waals surface area contributed by atoms with Crippen LogP contribution in [0.2, 0.25) is 0 Å². The van der Waals surface area contributed by atoms with Crippen LogP contribution in [0, 0.1) is 0 Å². The quantitative estimate of drug-likeness (QED) is 0.0741. The van der Waals surface area contributed by atoms with Gasteiger partial charge in [0.15, 0.2) is 0 Å². The normalized spacial score (nSPS) is 16.1. The van der Waals surface area contributed by atoms with Crippen molar-refractivity contribution in [3.05, 3.63) is 12.2 Å². The number of carbonyl (C=O) groups is 1. The fraction of sp³-hybridized carbons (Fsp3) is 0.786. The fourth-order valence-electron chi connectivity index (χ4n) is 1.93. The Labute approximate surface area is 214 Å². The van der Waals surface area contributed by atoms with Gasteiger partial charge in [0.2, 0.25) is 0 Å². The summed E-state index contributed by atoms with van der Waals surface area (Å²) >= 11 is 0. The van der Waals surface area contributed by atoms with Crippen LogP contribution in [0.25, 0.3) is 0 Å². The molecule has 0 aromatic heterocycles. The summed E-state index contributed by atoms with van der Waals surface area (Å²) in [5, 5.41) is -8.93. The van der Waals surface area contributed by atoms with E-state index in [2.05, 4.69) is 11.3 Å². The maximum absolute atomic E-state index is 13.8. The lowest BCUT2D eigenvalue weighted by Gasteiger charge is -2.42. The zero-order valence-corrected chi connectivity index (χ0v) is 19.3. The monoisotopic (exact) mass is 701 g/mol. The highest BCUT2D eigenvalue weighted by atomic mass is 32.2. The summed E-state index contributed by atoms with van der Waals surface area (Å²) in [6, 6.07) is -7.79. The first-order chi connectivity index (χ1) is 17.7. The topological polar surface area (TPSA) is 63.7 Å². The zero-order valence-electron chi connectivity index (χ0n) is 18.5. The number of halogens is 22. The van der Waals surface area contributed by atoms with Crippen LogP contribution in [0.15, 0.2) is 12.2 Å². The van der Waals surface area contributed by atoms with E-state index in [1.54, 1.807) is 0 Å². The van der Waals surface area contributed by atoms with E-state index < -0.39 is 85.2 Å². The van der Waals surface area contributed by atoms with E-state index in [9.17, 15) is 110 Å². The average molecular weight is 701 g/mol. The highest BCUT2D eigenvalue weighted by Crippen LogP contribution is 2.64. The first kappa shape index (κ1) is 39.6. The smallest absolute Gasteiger partial charge is 0.391 e. The first-order valence-electron chi connectivity index (χ1n) is 8.80. The molecule has 0 aromatic rings. The van der Waals surface area contributed by atoms with Crippen molar-refractivity contribution in [1.29, 1.82) is 0 Å². The van der Waals surface area contributed by atoms with Crippen LogP contribution in [0.4, 0.5) is 96.7 Å². The van der Waals surface area contributed by atoms with Crippen molar-refractivity contribution in [3.63, 3.8) is 0 Å². The van der Waals surface area contributed by atoms with Crippen molar-refractivity contribution < 1.29 is 115 Å². The van der Waals surface area contributed by atoms with Crippen molar-refractivity contribution in [2.75, 3.05) is 0 Å². The summed E-state index contributed by atoms with van der Waals surface area (Å²) < 4.78 is 311. The number of nitrogens with zero attached hydrogens (tertiary/aromatic N) is 1. The molecule has 28 heteroatoms. The van der Waals surface area contributed by atoms with Gasteiger partial charge in [0, 0.05) is 10.1 Å². The van der Waals surface area contributed by atoms with Gasteiger partial charge >= 0.3 is 75.1 Å². The van der Waals surface area contributed by atoms with Crippen LogP contribution < -0.4 is 0 Å². The van der Waals surface area contributed by atoms with Crippen LogP contribution in [0.5, 0.6) is 0 Å². The molecule has 0 aromatic carbocycles. The molecule has 0 heterocycles. The summed E-state index contributed by atoms with van der Waals surface area (Å²) in [5.41, 5.74) is -1.37. The van der Waals surface area contributed by atoms with Gasteiger partial charge < -0.3 is 4.74 Å². The van der Waals surface area contributed by atoms with Gasteiger partial charge in [0.25, 0.3) is 0 Å². The molecule has 42 heavy (non-hydrogen) atoms. The Hall–Kier alpha value is -2.42. The summed E-state index contributed by atoms with van der Waals surface area (Å²) in [6.45, 7) is 2.75. The van der Waals surface area contributed by atoms with Crippen LogP contribution in [0.3, 0.4) is 0 Å². The van der Waals surface area contributed by atoms with Crippen molar-refractivity contribution >= 4 is 16.0 Å². The second kappa shape index (κ2) is 10.1. The number of esters is 1. The average Bonchev–Trinajstić information content (AvgIpc) is 2.75. The lowest BCUT2D eigenvalue weighted by molar-refractivity contribution is -0.458. The van der Waals surface area contributed by atoms with Crippen LogP contribution in [-0.2, 0) is 19.6 Å². The molecule has 0 spiro atoms. The van der Waals surface area contributed by atoms with Crippen molar-refractivity contribution in [2.45, 2.75) is 66.0 Å². The highest BCUT2D eigenvalue weighted by Gasteiger charge is 2.96. The van der Waals surface area contributed by atoms with E-state index in [0.29, 0.717) is 6.92 Å². The van der Waals surface area contributed by atoms with E-state index in [4.69, 9.17) is 0 Å². The molecule has 0 aliphatic rings. The van der Waals surface area contributed by atoms with Crippen LogP contribution >= 0.6 is 0 Å². The third-order valence-electron chi connectivity index (χ3n) is 4.37. The SMILES string of the molecule is C=C(C)C(=O)OC(F)(F)C(F)(F)N(F)S(=O)(=O)C(F)(F)C(F)(F)C(F)(F)C(F)(F)C(F)(F)C(F)(F)C(F)(F)C(F)(F)F. The predicted octanol–water partition coefficient (Wildman–Crippen LogP) is 6.77. The van der Waals surface area contributed by atoms with E-state index in [1.165, 1.54) is 0 Å². The molecule has 0 atom stereocenters. The molecule has 250 valence electrons. The summed E-state index contributed by atoms with van der Waals surface area (Å²) in [6.07, 6.45) is -15.3. The fourth-order valence-corrected chi connectivity index (χ4v) is 2.99. The summed E-state index contributed by atoms with van der Waals surface area (Å²) in [7, 11) is -9.50. The molecule has 0 rings (SSSR count). The summed E-state index contributed by atoms with van der Waals surface area (Å²) in [5.74, 6) is -57.7. The molecule has 0 saturated carbocycles. The van der Waals surface area contributed by atoms with Gasteiger partial charge in [-0.1, -0.05) is 6.58 Å². The molecule has 0 saturated heterocycles. The zero-order chi connectivity index (χ0) is 34.9. The van der Waals surface area contributed by atoms with Crippen LogP contribution in [0.1, 0.15) is 6.92 Å². The van der Waals surface area contributed by atoms with E-state index in [-0.39, 0.29) is 0 Å². The molecule has 0 aliphatic carbocycles. The third-order valence-corrected chi connectivity index (χ3v) is 5.92. The number of hydrogen-bond donors (Lipinski definition) is 0. The van der Waals surface area contributed by atoms with Crippen molar-refractivity contribution in [1.82, 2.24) is 4.53 Å². The first-order valence-corrected chi connectivity index (χ1v) is 10.2. The maximum atomic E-state index is 13.8. The Balaban J connectivity index is 7.17. The number of carbonyl (C=O) groups excluding carboxylic acids is 1. The van der Waals surface area contributed by atoms with Gasteiger partial charge in [-0.2, -0.15) is 92.2 Å². The van der Waals surface area contributed by atoms with E-state index >= 15 is 0 Å². The van der Waals surface area contributed by atoms with Gasteiger partial charge in [-0.25, -0.2) is 13.2 Å². The molecule has 0 fully saturated rings. The molecule has 5 nitrogen and oxygen atoms in total. The number of sulfonamides is 1.